The molecule has 0 amide bonds. The van der Waals surface area contributed by atoms with Gasteiger partial charge < -0.3 is 9.47 Å². The summed E-state index contributed by atoms with van der Waals surface area (Å²) in [5.41, 5.74) is 0.546. The van der Waals surface area contributed by atoms with Crippen LogP contribution >= 0.6 is 15.9 Å². The third kappa shape index (κ3) is 2.95. The lowest BCUT2D eigenvalue weighted by atomic mass is 9.78. The number of rotatable bonds is 2. The van der Waals surface area contributed by atoms with E-state index in [0.29, 0.717) is 12.2 Å². The van der Waals surface area contributed by atoms with Gasteiger partial charge in [-0.3, -0.25) is 9.78 Å². The van der Waals surface area contributed by atoms with Gasteiger partial charge in [0.05, 0.1) is 5.60 Å². The molecule has 20 heavy (non-hydrogen) atoms. The summed E-state index contributed by atoms with van der Waals surface area (Å²) < 4.78 is 12.2. The highest BCUT2D eigenvalue weighted by Gasteiger charge is 2.41. The molecule has 0 N–H and O–H groups in total. The smallest absolute Gasteiger partial charge is 0.167 e. The Morgan fingerprint density at radius 2 is 2.10 bits per heavy atom. The van der Waals surface area contributed by atoms with Crippen molar-refractivity contribution in [1.29, 1.82) is 0 Å². The largest absolute Gasteiger partial charge is 0.381 e. The zero-order valence-electron chi connectivity index (χ0n) is 11.3. The van der Waals surface area contributed by atoms with Crippen molar-refractivity contribution >= 4 is 21.7 Å². The predicted octanol–water partition coefficient (Wildman–Crippen LogP) is 3.00. The summed E-state index contributed by atoms with van der Waals surface area (Å²) in [6, 6.07) is 1.85. The van der Waals surface area contributed by atoms with E-state index in [0.717, 1.165) is 43.4 Å². The molecule has 0 saturated carbocycles. The molecule has 1 spiro atoms. The van der Waals surface area contributed by atoms with Gasteiger partial charge >= 0.3 is 0 Å². The van der Waals surface area contributed by atoms with Crippen LogP contribution in [0.3, 0.4) is 0 Å². The Bertz CT molecular complexity index is 494. The zero-order chi connectivity index (χ0) is 14.0. The number of hydrogen-bond acceptors (Lipinski definition) is 4. The van der Waals surface area contributed by atoms with Crippen LogP contribution in [0, 0.1) is 5.92 Å². The van der Waals surface area contributed by atoms with E-state index in [9.17, 15) is 4.79 Å². The number of hydrogen-bond donors (Lipinski definition) is 0. The molecular weight excluding hydrogens is 322 g/mol. The number of aromatic nitrogens is 1. The number of carbonyl (C=O) groups is 1. The number of nitrogens with zero attached hydrogens (tertiary/aromatic N) is 1. The summed E-state index contributed by atoms with van der Waals surface area (Å²) in [6.07, 6.45) is 6.75. The summed E-state index contributed by atoms with van der Waals surface area (Å²) in [6.45, 7) is 2.14. The highest BCUT2D eigenvalue weighted by atomic mass is 79.9. The van der Waals surface area contributed by atoms with Crippen LogP contribution in [-0.2, 0) is 9.47 Å². The fourth-order valence-electron chi connectivity index (χ4n) is 3.13. The minimum Gasteiger partial charge on any atom is -0.381 e. The molecule has 0 aliphatic carbocycles. The molecule has 2 saturated heterocycles. The van der Waals surface area contributed by atoms with E-state index < -0.39 is 0 Å². The Morgan fingerprint density at radius 1 is 1.30 bits per heavy atom. The average molecular weight is 340 g/mol. The number of ketones is 1. The topological polar surface area (TPSA) is 48.4 Å². The van der Waals surface area contributed by atoms with Crippen molar-refractivity contribution in [2.45, 2.75) is 31.3 Å². The molecule has 108 valence electrons. The number of Topliss-reactive ketones (excluding diaryl/α,β-unsaturated/α-hetero) is 1. The molecule has 0 bridgehead atoms. The number of pyridine rings is 1. The molecule has 1 atom stereocenters. The van der Waals surface area contributed by atoms with Gasteiger partial charge in [-0.15, -0.1) is 0 Å². The fraction of sp³-hybridized carbons (Fsp3) is 0.600. The van der Waals surface area contributed by atoms with Crippen molar-refractivity contribution in [1.82, 2.24) is 4.98 Å². The van der Waals surface area contributed by atoms with Gasteiger partial charge in [0.2, 0.25) is 0 Å². The van der Waals surface area contributed by atoms with E-state index in [4.69, 9.17) is 9.47 Å². The minimum absolute atomic E-state index is 0.0398. The molecule has 1 aromatic heterocycles. The fourth-order valence-corrected chi connectivity index (χ4v) is 3.49. The third-order valence-electron chi connectivity index (χ3n) is 4.26. The van der Waals surface area contributed by atoms with Crippen molar-refractivity contribution in [2.75, 3.05) is 19.8 Å². The Labute approximate surface area is 127 Å². The number of carbonyl (C=O) groups excluding carboxylic acids is 1. The zero-order valence-corrected chi connectivity index (χ0v) is 12.9. The Balaban J connectivity index is 1.74. The lowest BCUT2D eigenvalue weighted by molar-refractivity contribution is -0.142. The highest BCUT2D eigenvalue weighted by molar-refractivity contribution is 9.10. The predicted molar refractivity (Wildman–Crippen MR) is 77.7 cm³/mol. The van der Waals surface area contributed by atoms with Crippen LogP contribution in [0.15, 0.2) is 22.9 Å². The molecule has 0 aromatic carbocycles. The van der Waals surface area contributed by atoms with Crippen LogP contribution in [0.1, 0.15) is 36.0 Å². The van der Waals surface area contributed by atoms with Gasteiger partial charge in [0, 0.05) is 48.2 Å². The summed E-state index contributed by atoms with van der Waals surface area (Å²) in [4.78, 5) is 16.7. The molecule has 4 nitrogen and oxygen atoms in total. The summed E-state index contributed by atoms with van der Waals surface area (Å²) >= 11 is 3.37. The molecule has 1 aromatic rings. The van der Waals surface area contributed by atoms with Crippen LogP contribution in [0.5, 0.6) is 0 Å². The summed E-state index contributed by atoms with van der Waals surface area (Å²) in [7, 11) is 0. The third-order valence-corrected chi connectivity index (χ3v) is 4.69. The molecule has 2 fully saturated rings. The van der Waals surface area contributed by atoms with Gasteiger partial charge in [-0.25, -0.2) is 0 Å². The van der Waals surface area contributed by atoms with E-state index in [-0.39, 0.29) is 17.3 Å². The first-order valence-corrected chi connectivity index (χ1v) is 7.84. The van der Waals surface area contributed by atoms with Crippen LogP contribution < -0.4 is 0 Å². The van der Waals surface area contributed by atoms with E-state index in [1.54, 1.807) is 12.4 Å². The molecule has 1 unspecified atom stereocenters. The first-order valence-electron chi connectivity index (χ1n) is 7.05. The second kappa shape index (κ2) is 5.92. The Morgan fingerprint density at radius 3 is 2.85 bits per heavy atom. The normalized spacial score (nSPS) is 25.6. The molecule has 3 rings (SSSR count). The van der Waals surface area contributed by atoms with Gasteiger partial charge in [-0.2, -0.15) is 0 Å². The van der Waals surface area contributed by atoms with Crippen LogP contribution in [0.4, 0.5) is 0 Å². The SMILES string of the molecule is O=C(c1cncc(Br)c1)C1CCOC2(CCOCC2)C1. The Kier molecular flexibility index (Phi) is 4.19. The standard InChI is InChI=1S/C15H18BrNO3/c16-13-7-12(9-17-10-13)14(18)11-1-4-20-15(8-11)2-5-19-6-3-15/h7,9-11H,1-6,8H2. The lowest BCUT2D eigenvalue weighted by Gasteiger charge is -2.42. The van der Waals surface area contributed by atoms with Crippen molar-refractivity contribution in [3.63, 3.8) is 0 Å². The minimum atomic E-state index is -0.143. The van der Waals surface area contributed by atoms with Gasteiger partial charge in [0.1, 0.15) is 0 Å². The Hall–Kier alpha value is -0.780. The van der Waals surface area contributed by atoms with Gasteiger partial charge in [-0.1, -0.05) is 0 Å². The van der Waals surface area contributed by atoms with Gasteiger partial charge in [0.25, 0.3) is 0 Å². The van der Waals surface area contributed by atoms with Crippen LogP contribution in [-0.4, -0.2) is 36.2 Å². The molecule has 0 radical (unpaired) electrons. The maximum atomic E-state index is 12.6. The molecule has 5 heteroatoms. The molecule has 3 heterocycles. The quantitative estimate of drug-likeness (QED) is 0.777. The highest BCUT2D eigenvalue weighted by Crippen LogP contribution is 2.38. The lowest BCUT2D eigenvalue weighted by Crippen LogP contribution is -2.45. The van der Waals surface area contributed by atoms with Crippen molar-refractivity contribution in [3.05, 3.63) is 28.5 Å². The second-order valence-corrected chi connectivity index (χ2v) is 6.51. The van der Waals surface area contributed by atoms with Crippen molar-refractivity contribution in [2.24, 2.45) is 5.92 Å². The maximum absolute atomic E-state index is 12.6. The molecular formula is C15H18BrNO3. The van der Waals surface area contributed by atoms with Crippen LogP contribution in [0.25, 0.3) is 0 Å². The first kappa shape index (κ1) is 14.2. The second-order valence-electron chi connectivity index (χ2n) is 5.59. The van der Waals surface area contributed by atoms with E-state index in [1.165, 1.54) is 0 Å². The monoisotopic (exact) mass is 339 g/mol. The van der Waals surface area contributed by atoms with Crippen molar-refractivity contribution < 1.29 is 14.3 Å². The van der Waals surface area contributed by atoms with E-state index in [2.05, 4.69) is 20.9 Å². The van der Waals surface area contributed by atoms with E-state index >= 15 is 0 Å². The van der Waals surface area contributed by atoms with Gasteiger partial charge in [0.15, 0.2) is 5.78 Å². The van der Waals surface area contributed by atoms with Gasteiger partial charge in [-0.05, 0) is 47.7 Å². The van der Waals surface area contributed by atoms with Crippen LogP contribution in [0.2, 0.25) is 0 Å². The first-order chi connectivity index (χ1) is 9.69. The molecule has 2 aliphatic rings. The average Bonchev–Trinajstić information content (AvgIpc) is 2.47. The molecule has 2 aliphatic heterocycles. The summed E-state index contributed by atoms with van der Waals surface area (Å²) in [5.74, 6) is 0.228. The maximum Gasteiger partial charge on any atom is 0.167 e. The number of ether oxygens (including phenoxy) is 2. The summed E-state index contributed by atoms with van der Waals surface area (Å²) in [5, 5.41) is 0. The van der Waals surface area contributed by atoms with E-state index in [1.807, 2.05) is 6.07 Å². The van der Waals surface area contributed by atoms with Crippen molar-refractivity contribution in [3.8, 4) is 0 Å². The number of halogens is 1.